The smallest absolute Gasteiger partial charge is 0.184 e. The van der Waals surface area contributed by atoms with Gasteiger partial charge in [-0.15, -0.1) is 0 Å². The Bertz CT molecular complexity index is 495. The number of halogens is 1. The summed E-state index contributed by atoms with van der Waals surface area (Å²) in [5, 5.41) is 10.3. The number of nitrogens with zero attached hydrogens (tertiary/aromatic N) is 1. The molecule has 5 heteroatoms. The Morgan fingerprint density at radius 1 is 1.36 bits per heavy atom. The van der Waals surface area contributed by atoms with Gasteiger partial charge >= 0.3 is 0 Å². The van der Waals surface area contributed by atoms with E-state index >= 15 is 0 Å². The van der Waals surface area contributed by atoms with Crippen LogP contribution in [0.3, 0.4) is 0 Å². The summed E-state index contributed by atoms with van der Waals surface area (Å²) in [5.74, 6) is 0. The molecule has 22 heavy (non-hydrogen) atoms. The first kappa shape index (κ1) is 16.2. The van der Waals surface area contributed by atoms with Gasteiger partial charge in [-0.2, -0.15) is 0 Å². The highest BCUT2D eigenvalue weighted by Crippen LogP contribution is 2.31. The lowest BCUT2D eigenvalue weighted by atomic mass is 9.83. The Labute approximate surface area is 137 Å². The topological polar surface area (TPSA) is 41.9 Å². The highest BCUT2D eigenvalue weighted by molar-refractivity contribution is 6.30. The number of hydrogen-bond acceptors (Lipinski definition) is 4. The van der Waals surface area contributed by atoms with Gasteiger partial charge in [0.25, 0.3) is 0 Å². The van der Waals surface area contributed by atoms with Crippen LogP contribution < -0.4 is 0 Å². The van der Waals surface area contributed by atoms with E-state index in [9.17, 15) is 5.11 Å². The summed E-state index contributed by atoms with van der Waals surface area (Å²) in [5.41, 5.74) is 1.03. The summed E-state index contributed by atoms with van der Waals surface area (Å²) in [7, 11) is 0. The van der Waals surface area contributed by atoms with Crippen LogP contribution in [0.2, 0.25) is 5.02 Å². The number of hydrogen-bond donors (Lipinski definition) is 1. The summed E-state index contributed by atoms with van der Waals surface area (Å²) in [6.45, 7) is 5.87. The molecule has 2 fully saturated rings. The lowest BCUT2D eigenvalue weighted by molar-refractivity contribution is -0.0681. The molecule has 0 aromatic heterocycles. The van der Waals surface area contributed by atoms with Gasteiger partial charge in [0.2, 0.25) is 0 Å². The fraction of sp³-hybridized carbons (Fsp3) is 0.647. The number of piperidine rings is 1. The van der Waals surface area contributed by atoms with Crippen molar-refractivity contribution in [2.24, 2.45) is 5.41 Å². The predicted octanol–water partition coefficient (Wildman–Crippen LogP) is 2.85. The average Bonchev–Trinajstić information content (AvgIpc) is 2.96. The minimum absolute atomic E-state index is 0.0211. The third-order valence-electron chi connectivity index (χ3n) is 4.60. The molecule has 1 N–H and O–H groups in total. The van der Waals surface area contributed by atoms with Crippen molar-refractivity contribution in [2.75, 3.05) is 32.8 Å². The molecule has 0 bridgehead atoms. The fourth-order valence-corrected chi connectivity index (χ4v) is 3.46. The second-order valence-corrected chi connectivity index (χ2v) is 7.22. The van der Waals surface area contributed by atoms with E-state index in [2.05, 4.69) is 11.8 Å². The second-order valence-electron chi connectivity index (χ2n) is 6.78. The Balaban J connectivity index is 1.53. The molecule has 1 aromatic carbocycles. The summed E-state index contributed by atoms with van der Waals surface area (Å²) in [6, 6.07) is 7.60. The van der Waals surface area contributed by atoms with Crippen molar-refractivity contribution >= 4 is 11.6 Å². The van der Waals surface area contributed by atoms with Crippen molar-refractivity contribution in [1.29, 1.82) is 0 Å². The van der Waals surface area contributed by atoms with E-state index in [0.29, 0.717) is 6.61 Å². The average molecular weight is 326 g/mol. The van der Waals surface area contributed by atoms with Gasteiger partial charge < -0.3 is 19.5 Å². The monoisotopic (exact) mass is 325 g/mol. The number of aliphatic hydroxyl groups excluding tert-OH is 1. The lowest BCUT2D eigenvalue weighted by Gasteiger charge is -2.40. The summed E-state index contributed by atoms with van der Waals surface area (Å²) >= 11 is 5.91. The van der Waals surface area contributed by atoms with Crippen LogP contribution in [0, 0.1) is 5.41 Å². The largest absolute Gasteiger partial charge is 0.396 e. The Morgan fingerprint density at radius 2 is 2.14 bits per heavy atom. The molecular weight excluding hydrogens is 302 g/mol. The maximum absolute atomic E-state index is 9.55. The molecule has 0 saturated carbocycles. The number of ether oxygens (including phenoxy) is 2. The number of likely N-dealkylation sites (tertiary alicyclic amines) is 1. The normalized spacial score (nSPS) is 33.2. The van der Waals surface area contributed by atoms with Gasteiger partial charge in [0.1, 0.15) is 0 Å². The Morgan fingerprint density at radius 3 is 2.86 bits per heavy atom. The van der Waals surface area contributed by atoms with Gasteiger partial charge in [-0.3, -0.25) is 0 Å². The highest BCUT2D eigenvalue weighted by atomic mass is 35.5. The van der Waals surface area contributed by atoms with Crippen molar-refractivity contribution in [3.05, 3.63) is 34.9 Å². The van der Waals surface area contributed by atoms with Gasteiger partial charge in [0, 0.05) is 35.7 Å². The number of aliphatic hydroxyl groups is 1. The van der Waals surface area contributed by atoms with E-state index < -0.39 is 0 Å². The van der Waals surface area contributed by atoms with Gasteiger partial charge in [-0.25, -0.2) is 0 Å². The fourth-order valence-electron chi connectivity index (χ4n) is 3.34. The van der Waals surface area contributed by atoms with Crippen LogP contribution >= 0.6 is 11.6 Å². The van der Waals surface area contributed by atoms with Gasteiger partial charge in [0.15, 0.2) is 6.29 Å². The molecule has 2 aliphatic heterocycles. The quantitative estimate of drug-likeness (QED) is 0.924. The molecule has 2 saturated heterocycles. The zero-order valence-corrected chi connectivity index (χ0v) is 13.8. The summed E-state index contributed by atoms with van der Waals surface area (Å²) in [6.07, 6.45) is 2.01. The van der Waals surface area contributed by atoms with E-state index in [1.165, 1.54) is 0 Å². The van der Waals surface area contributed by atoms with Gasteiger partial charge in [-0.1, -0.05) is 30.7 Å². The first-order valence-corrected chi connectivity index (χ1v) is 8.31. The van der Waals surface area contributed by atoms with Crippen molar-refractivity contribution in [3.8, 4) is 0 Å². The van der Waals surface area contributed by atoms with E-state index in [1.54, 1.807) is 0 Å². The zero-order chi connectivity index (χ0) is 15.6. The van der Waals surface area contributed by atoms with Gasteiger partial charge in [-0.05, 0) is 31.5 Å². The van der Waals surface area contributed by atoms with Crippen LogP contribution in [0.1, 0.15) is 31.6 Å². The van der Waals surface area contributed by atoms with Crippen molar-refractivity contribution < 1.29 is 14.6 Å². The van der Waals surface area contributed by atoms with Crippen LogP contribution in [0.4, 0.5) is 0 Å². The van der Waals surface area contributed by atoms with Crippen LogP contribution in [0.25, 0.3) is 0 Å². The van der Waals surface area contributed by atoms with Crippen LogP contribution in [0.15, 0.2) is 24.3 Å². The second kappa shape index (κ2) is 6.85. The molecule has 0 amide bonds. The van der Waals surface area contributed by atoms with Crippen molar-refractivity contribution in [3.63, 3.8) is 0 Å². The van der Waals surface area contributed by atoms with E-state index in [4.69, 9.17) is 21.1 Å². The summed E-state index contributed by atoms with van der Waals surface area (Å²) < 4.78 is 11.8. The molecule has 0 radical (unpaired) electrons. The minimum Gasteiger partial charge on any atom is -0.396 e. The molecular formula is C17H24ClNO3. The first-order valence-electron chi connectivity index (χ1n) is 7.94. The van der Waals surface area contributed by atoms with Gasteiger partial charge in [0.05, 0.1) is 12.7 Å². The Kier molecular flexibility index (Phi) is 5.05. The maximum atomic E-state index is 9.55. The maximum Gasteiger partial charge on any atom is 0.184 e. The molecule has 1 aromatic rings. The third kappa shape index (κ3) is 3.81. The Hall–Kier alpha value is -0.650. The van der Waals surface area contributed by atoms with E-state index in [1.807, 2.05) is 24.3 Å². The van der Waals surface area contributed by atoms with Crippen LogP contribution in [-0.4, -0.2) is 49.0 Å². The molecule has 122 valence electrons. The molecule has 4 nitrogen and oxygen atoms in total. The molecule has 0 aliphatic carbocycles. The molecule has 2 heterocycles. The number of rotatable bonds is 4. The molecule has 3 rings (SSSR count). The standard InChI is InChI=1S/C17H24ClNO3/c1-17(12-20)7-2-8-19(11-17)9-15-10-21-16(22-15)13-3-5-14(18)6-4-13/h3-6,15-16,20H,2,7-12H2,1H3/t15-,16+,17-/m0/s1. The number of benzene rings is 1. The highest BCUT2D eigenvalue weighted by Gasteiger charge is 2.34. The van der Waals surface area contributed by atoms with E-state index in [0.717, 1.165) is 43.1 Å². The lowest BCUT2D eigenvalue weighted by Crippen LogP contribution is -2.46. The SMILES string of the molecule is C[C@]1(CO)CCCN(C[C@H]2CO[C@@H](c3ccc(Cl)cc3)O2)C1. The minimum atomic E-state index is -0.295. The predicted molar refractivity (Wildman–Crippen MR) is 85.9 cm³/mol. The van der Waals surface area contributed by atoms with Crippen LogP contribution in [0.5, 0.6) is 0 Å². The molecule has 2 aliphatic rings. The summed E-state index contributed by atoms with van der Waals surface area (Å²) in [4.78, 5) is 2.39. The van der Waals surface area contributed by atoms with Crippen LogP contribution in [-0.2, 0) is 9.47 Å². The molecule has 3 atom stereocenters. The van der Waals surface area contributed by atoms with Crippen molar-refractivity contribution in [2.45, 2.75) is 32.2 Å². The molecule has 0 unspecified atom stereocenters. The zero-order valence-electron chi connectivity index (χ0n) is 13.0. The molecule has 0 spiro atoms. The third-order valence-corrected chi connectivity index (χ3v) is 4.85. The first-order chi connectivity index (χ1) is 10.6. The van der Waals surface area contributed by atoms with E-state index in [-0.39, 0.29) is 24.4 Å². The van der Waals surface area contributed by atoms with Crippen molar-refractivity contribution in [1.82, 2.24) is 4.90 Å².